The quantitative estimate of drug-likeness (QED) is 0.207. The van der Waals surface area contributed by atoms with Crippen molar-refractivity contribution in [2.24, 2.45) is 0 Å². The fraction of sp³-hybridized carbons (Fsp3) is 0.111. The van der Waals surface area contributed by atoms with Crippen molar-refractivity contribution >= 4 is 29.3 Å². The van der Waals surface area contributed by atoms with Crippen molar-refractivity contribution in [3.8, 4) is 5.75 Å². The number of esters is 1. The molecule has 0 atom stereocenters. The van der Waals surface area contributed by atoms with E-state index in [0.29, 0.717) is 29.3 Å². The number of rotatable bonds is 7. The number of nitro benzene ring substituents is 1. The molecule has 1 aliphatic rings. The molecule has 0 aromatic heterocycles. The second kappa shape index (κ2) is 10.0. The lowest BCUT2D eigenvalue weighted by atomic mass is 10.0. The van der Waals surface area contributed by atoms with Gasteiger partial charge in [-0.05, 0) is 48.4 Å². The van der Waals surface area contributed by atoms with Crippen LogP contribution in [0.3, 0.4) is 0 Å². The lowest BCUT2D eigenvalue weighted by molar-refractivity contribution is -0.384. The van der Waals surface area contributed by atoms with Gasteiger partial charge in [0, 0.05) is 23.5 Å². The molecule has 3 aromatic carbocycles. The van der Waals surface area contributed by atoms with Gasteiger partial charge < -0.3 is 9.47 Å². The largest absolute Gasteiger partial charge is 0.489 e. The van der Waals surface area contributed by atoms with Crippen LogP contribution < -0.4 is 9.64 Å². The maximum absolute atomic E-state index is 13.3. The summed E-state index contributed by atoms with van der Waals surface area (Å²) >= 11 is 0. The maximum atomic E-state index is 13.3. The molecular formula is C27H22N2O6. The number of methoxy groups -OCH3 is 1. The predicted molar refractivity (Wildman–Crippen MR) is 130 cm³/mol. The third kappa shape index (κ3) is 4.96. The van der Waals surface area contributed by atoms with E-state index in [-0.39, 0.29) is 16.8 Å². The van der Waals surface area contributed by atoms with E-state index in [1.54, 1.807) is 37.3 Å². The highest BCUT2D eigenvalue weighted by Gasteiger charge is 2.38. The minimum Gasteiger partial charge on any atom is -0.489 e. The first-order valence-electron chi connectivity index (χ1n) is 10.8. The number of hydrogen-bond acceptors (Lipinski definition) is 6. The number of allylic oxidation sites excluding steroid dienone is 1. The third-order valence-electron chi connectivity index (χ3n) is 5.55. The molecule has 0 radical (unpaired) electrons. The zero-order valence-corrected chi connectivity index (χ0v) is 19.1. The van der Waals surface area contributed by atoms with Gasteiger partial charge in [-0.1, -0.05) is 42.5 Å². The molecule has 176 valence electrons. The molecule has 8 heteroatoms. The highest BCUT2D eigenvalue weighted by Crippen LogP contribution is 2.36. The summed E-state index contributed by atoms with van der Waals surface area (Å²) in [5.74, 6) is -0.406. The average Bonchev–Trinajstić information content (AvgIpc) is 3.12. The van der Waals surface area contributed by atoms with Gasteiger partial charge in [-0.3, -0.25) is 19.8 Å². The van der Waals surface area contributed by atoms with E-state index in [2.05, 4.69) is 0 Å². The van der Waals surface area contributed by atoms with Gasteiger partial charge in [0.25, 0.3) is 11.6 Å². The number of nitrogens with zero attached hydrogens (tertiary/aromatic N) is 2. The zero-order valence-electron chi connectivity index (χ0n) is 19.1. The molecular weight excluding hydrogens is 448 g/mol. The van der Waals surface area contributed by atoms with Gasteiger partial charge in [0.2, 0.25) is 0 Å². The van der Waals surface area contributed by atoms with E-state index in [4.69, 9.17) is 9.47 Å². The Kier molecular flexibility index (Phi) is 6.73. The van der Waals surface area contributed by atoms with Gasteiger partial charge in [0.15, 0.2) is 0 Å². The Labute approximate surface area is 201 Å². The molecule has 35 heavy (non-hydrogen) atoms. The van der Waals surface area contributed by atoms with E-state index in [1.807, 2.05) is 30.3 Å². The minimum atomic E-state index is -0.644. The molecule has 0 bridgehead atoms. The standard InChI is InChI=1S/C27H22N2O6/c1-18-25(27(31)34-2)24(26(30)28(18)21-10-12-22(13-11-21)29(32)33)16-19-8-14-23(15-9-19)35-17-20-6-4-3-5-7-20/h3-16H,17H2,1-2H3/b24-16-. The van der Waals surface area contributed by atoms with Gasteiger partial charge in [0.05, 0.1) is 23.2 Å². The Hall–Kier alpha value is -4.72. The summed E-state index contributed by atoms with van der Waals surface area (Å²) in [6.07, 6.45) is 1.62. The molecule has 0 saturated carbocycles. The van der Waals surface area contributed by atoms with Crippen molar-refractivity contribution in [1.82, 2.24) is 0 Å². The molecule has 0 unspecified atom stereocenters. The number of amides is 1. The summed E-state index contributed by atoms with van der Waals surface area (Å²) in [6, 6.07) is 22.5. The second-order valence-corrected chi connectivity index (χ2v) is 7.77. The fourth-order valence-corrected chi connectivity index (χ4v) is 3.78. The predicted octanol–water partition coefficient (Wildman–Crippen LogP) is 5.05. The molecule has 4 rings (SSSR count). The summed E-state index contributed by atoms with van der Waals surface area (Å²) in [6.45, 7) is 2.06. The smallest absolute Gasteiger partial charge is 0.340 e. The van der Waals surface area contributed by atoms with Crippen LogP contribution in [0.15, 0.2) is 95.7 Å². The topological polar surface area (TPSA) is 99.0 Å². The molecule has 8 nitrogen and oxygen atoms in total. The first-order chi connectivity index (χ1) is 16.9. The van der Waals surface area contributed by atoms with Gasteiger partial charge in [0.1, 0.15) is 12.4 Å². The zero-order chi connectivity index (χ0) is 24.9. The molecule has 0 N–H and O–H groups in total. The summed E-state index contributed by atoms with van der Waals surface area (Å²) in [5, 5.41) is 11.0. The van der Waals surface area contributed by atoms with E-state index in [9.17, 15) is 19.7 Å². The van der Waals surface area contributed by atoms with E-state index in [0.717, 1.165) is 5.56 Å². The van der Waals surface area contributed by atoms with Crippen molar-refractivity contribution < 1.29 is 24.0 Å². The van der Waals surface area contributed by atoms with Crippen molar-refractivity contribution in [2.75, 3.05) is 12.0 Å². The first-order valence-corrected chi connectivity index (χ1v) is 10.8. The Morgan fingerprint density at radius 3 is 2.26 bits per heavy atom. The van der Waals surface area contributed by atoms with Crippen LogP contribution in [-0.4, -0.2) is 23.9 Å². The van der Waals surface area contributed by atoms with E-state index < -0.39 is 16.8 Å². The number of nitro groups is 1. The summed E-state index contributed by atoms with van der Waals surface area (Å²) in [4.78, 5) is 37.7. The molecule has 0 saturated heterocycles. The van der Waals surface area contributed by atoms with Crippen LogP contribution in [0.25, 0.3) is 6.08 Å². The first kappa shape index (κ1) is 23.4. The Balaban J connectivity index is 1.61. The number of carbonyl (C=O) groups excluding carboxylic acids is 2. The second-order valence-electron chi connectivity index (χ2n) is 7.77. The number of non-ortho nitro benzene ring substituents is 1. The number of benzene rings is 3. The third-order valence-corrected chi connectivity index (χ3v) is 5.55. The number of anilines is 1. The Bertz CT molecular complexity index is 1330. The Morgan fingerprint density at radius 2 is 1.66 bits per heavy atom. The van der Waals surface area contributed by atoms with Crippen LogP contribution in [0, 0.1) is 10.1 Å². The number of hydrogen-bond donors (Lipinski definition) is 0. The molecule has 1 aliphatic heterocycles. The molecule has 0 aliphatic carbocycles. The number of ether oxygens (including phenoxy) is 2. The highest BCUT2D eigenvalue weighted by molar-refractivity contribution is 6.23. The molecule has 0 spiro atoms. The lowest BCUT2D eigenvalue weighted by Gasteiger charge is -2.17. The van der Waals surface area contributed by atoms with Crippen LogP contribution in [0.1, 0.15) is 18.1 Å². The van der Waals surface area contributed by atoms with Crippen molar-refractivity contribution in [3.05, 3.63) is 117 Å². The summed E-state index contributed by atoms with van der Waals surface area (Å²) < 4.78 is 10.7. The molecule has 0 fully saturated rings. The van der Waals surface area contributed by atoms with Crippen LogP contribution in [0.2, 0.25) is 0 Å². The van der Waals surface area contributed by atoms with Gasteiger partial charge in [-0.25, -0.2) is 4.79 Å². The van der Waals surface area contributed by atoms with E-state index in [1.165, 1.54) is 36.3 Å². The normalized spacial score (nSPS) is 14.4. The number of carbonyl (C=O) groups is 2. The van der Waals surface area contributed by atoms with E-state index >= 15 is 0 Å². The lowest BCUT2D eigenvalue weighted by Crippen LogP contribution is -2.24. The molecule has 3 aromatic rings. The average molecular weight is 470 g/mol. The van der Waals surface area contributed by atoms with Crippen LogP contribution in [-0.2, 0) is 20.9 Å². The molecule has 1 amide bonds. The van der Waals surface area contributed by atoms with Gasteiger partial charge in [-0.2, -0.15) is 0 Å². The van der Waals surface area contributed by atoms with Crippen LogP contribution >= 0.6 is 0 Å². The maximum Gasteiger partial charge on any atom is 0.340 e. The van der Waals surface area contributed by atoms with Crippen LogP contribution in [0.5, 0.6) is 5.75 Å². The van der Waals surface area contributed by atoms with Crippen LogP contribution in [0.4, 0.5) is 11.4 Å². The minimum absolute atomic E-state index is 0.0967. The SMILES string of the molecule is COC(=O)C1=C(C)N(c2ccc([N+](=O)[O-])cc2)C(=O)/C1=C\c1ccc(OCc2ccccc2)cc1. The fourth-order valence-electron chi connectivity index (χ4n) is 3.78. The molecule has 1 heterocycles. The van der Waals surface area contributed by atoms with Gasteiger partial charge in [-0.15, -0.1) is 0 Å². The van der Waals surface area contributed by atoms with Crippen molar-refractivity contribution in [3.63, 3.8) is 0 Å². The Morgan fingerprint density at radius 1 is 1.00 bits per heavy atom. The van der Waals surface area contributed by atoms with Crippen molar-refractivity contribution in [2.45, 2.75) is 13.5 Å². The summed E-state index contributed by atoms with van der Waals surface area (Å²) in [5.41, 5.74) is 2.74. The monoisotopic (exact) mass is 470 g/mol. The van der Waals surface area contributed by atoms with Gasteiger partial charge >= 0.3 is 5.97 Å². The van der Waals surface area contributed by atoms with Crippen molar-refractivity contribution in [1.29, 1.82) is 0 Å². The summed E-state index contributed by atoms with van der Waals surface area (Å²) in [7, 11) is 1.25. The highest BCUT2D eigenvalue weighted by atomic mass is 16.6.